The highest BCUT2D eigenvalue weighted by Gasteiger charge is 2.12. The SMILES string of the molecule is C[C@H](Cn1ccc2ccc(C3=CCN(C)CC3)cc21)N(C)C. The molecule has 0 saturated carbocycles. The van der Waals surface area contributed by atoms with Crippen LogP contribution in [0.3, 0.4) is 0 Å². The highest BCUT2D eigenvalue weighted by Crippen LogP contribution is 2.26. The molecule has 1 aliphatic rings. The second-order valence-electron chi connectivity index (χ2n) is 6.80. The number of fused-ring (bicyclic) bond motifs is 1. The van der Waals surface area contributed by atoms with Crippen molar-refractivity contribution in [3.8, 4) is 0 Å². The molecular weight excluding hydrogens is 270 g/mol. The average molecular weight is 297 g/mol. The lowest BCUT2D eigenvalue weighted by Gasteiger charge is -2.23. The summed E-state index contributed by atoms with van der Waals surface area (Å²) in [5.74, 6) is 0. The predicted octanol–water partition coefficient (Wildman–Crippen LogP) is 3.31. The van der Waals surface area contributed by atoms with E-state index < -0.39 is 0 Å². The molecule has 1 atom stereocenters. The van der Waals surface area contributed by atoms with E-state index in [2.05, 4.69) is 79.0 Å². The molecule has 3 heteroatoms. The first kappa shape index (κ1) is 15.3. The first-order chi connectivity index (χ1) is 10.5. The van der Waals surface area contributed by atoms with E-state index in [1.165, 1.54) is 22.0 Å². The lowest BCUT2D eigenvalue weighted by Crippen LogP contribution is -2.28. The van der Waals surface area contributed by atoms with Gasteiger partial charge < -0.3 is 14.4 Å². The van der Waals surface area contributed by atoms with Crippen molar-refractivity contribution in [2.24, 2.45) is 0 Å². The molecule has 118 valence electrons. The molecule has 22 heavy (non-hydrogen) atoms. The Hall–Kier alpha value is -1.58. The van der Waals surface area contributed by atoms with Gasteiger partial charge in [-0.15, -0.1) is 0 Å². The van der Waals surface area contributed by atoms with Gasteiger partial charge in [-0.2, -0.15) is 0 Å². The van der Waals surface area contributed by atoms with Crippen LogP contribution in [0.2, 0.25) is 0 Å². The van der Waals surface area contributed by atoms with Gasteiger partial charge in [0.2, 0.25) is 0 Å². The molecule has 0 spiro atoms. The van der Waals surface area contributed by atoms with Gasteiger partial charge in [0.1, 0.15) is 0 Å². The summed E-state index contributed by atoms with van der Waals surface area (Å²) in [4.78, 5) is 4.64. The molecule has 0 bridgehead atoms. The number of hydrogen-bond donors (Lipinski definition) is 0. The Labute approximate surface area is 133 Å². The minimum absolute atomic E-state index is 0.529. The fourth-order valence-electron chi connectivity index (χ4n) is 3.02. The Morgan fingerprint density at radius 3 is 2.73 bits per heavy atom. The highest BCUT2D eigenvalue weighted by atomic mass is 15.1. The van der Waals surface area contributed by atoms with E-state index in [4.69, 9.17) is 0 Å². The summed E-state index contributed by atoms with van der Waals surface area (Å²) < 4.78 is 2.39. The van der Waals surface area contributed by atoms with Crippen molar-refractivity contribution in [1.82, 2.24) is 14.4 Å². The molecule has 0 amide bonds. The van der Waals surface area contributed by atoms with E-state index in [-0.39, 0.29) is 0 Å². The van der Waals surface area contributed by atoms with Crippen molar-refractivity contribution in [2.45, 2.75) is 25.9 Å². The maximum Gasteiger partial charge on any atom is 0.0486 e. The number of aromatic nitrogens is 1. The maximum absolute atomic E-state index is 2.39. The minimum atomic E-state index is 0.529. The maximum atomic E-state index is 2.39. The second-order valence-corrected chi connectivity index (χ2v) is 6.80. The van der Waals surface area contributed by atoms with E-state index in [0.29, 0.717) is 6.04 Å². The van der Waals surface area contributed by atoms with E-state index in [0.717, 1.165) is 26.1 Å². The largest absolute Gasteiger partial charge is 0.346 e. The molecule has 2 aromatic rings. The summed E-state index contributed by atoms with van der Waals surface area (Å²) >= 11 is 0. The van der Waals surface area contributed by atoms with Crippen LogP contribution in [-0.2, 0) is 6.54 Å². The van der Waals surface area contributed by atoms with Crippen molar-refractivity contribution >= 4 is 16.5 Å². The van der Waals surface area contributed by atoms with Gasteiger partial charge in [-0.05, 0) is 63.1 Å². The van der Waals surface area contributed by atoms with Crippen LogP contribution < -0.4 is 0 Å². The normalized spacial score (nSPS) is 18.0. The monoisotopic (exact) mass is 297 g/mol. The molecule has 2 heterocycles. The molecule has 3 rings (SSSR count). The number of benzene rings is 1. The zero-order valence-corrected chi connectivity index (χ0v) is 14.2. The molecular formula is C19H27N3. The van der Waals surface area contributed by atoms with E-state index in [9.17, 15) is 0 Å². The van der Waals surface area contributed by atoms with Gasteiger partial charge in [-0.25, -0.2) is 0 Å². The summed E-state index contributed by atoms with van der Waals surface area (Å²) in [6.45, 7) is 5.52. The van der Waals surface area contributed by atoms with Crippen LogP contribution in [0.25, 0.3) is 16.5 Å². The fourth-order valence-corrected chi connectivity index (χ4v) is 3.02. The topological polar surface area (TPSA) is 11.4 Å². The standard InChI is InChI=1S/C19H27N3/c1-15(20(2)3)14-22-12-9-17-5-6-18(13-19(17)22)16-7-10-21(4)11-8-16/h5-7,9,12-13,15H,8,10-11,14H2,1-4H3/t15-/m1/s1. The van der Waals surface area contributed by atoms with E-state index in [1.54, 1.807) is 0 Å². The lowest BCUT2D eigenvalue weighted by atomic mass is 9.99. The molecule has 0 aliphatic carbocycles. The molecule has 0 fully saturated rings. The number of rotatable bonds is 4. The van der Waals surface area contributed by atoms with Crippen molar-refractivity contribution in [2.75, 3.05) is 34.2 Å². The van der Waals surface area contributed by atoms with Gasteiger partial charge in [0.25, 0.3) is 0 Å². The summed E-state index contributed by atoms with van der Waals surface area (Å²) in [6.07, 6.45) is 5.74. The van der Waals surface area contributed by atoms with Gasteiger partial charge in [0.05, 0.1) is 0 Å². The van der Waals surface area contributed by atoms with Crippen molar-refractivity contribution < 1.29 is 0 Å². The van der Waals surface area contributed by atoms with Gasteiger partial charge in [-0.3, -0.25) is 0 Å². The minimum Gasteiger partial charge on any atom is -0.346 e. The third-order valence-corrected chi connectivity index (χ3v) is 4.90. The molecule has 0 unspecified atom stereocenters. The quantitative estimate of drug-likeness (QED) is 0.858. The van der Waals surface area contributed by atoms with Crippen LogP contribution in [0, 0.1) is 0 Å². The number of likely N-dealkylation sites (N-methyl/N-ethyl adjacent to an activating group) is 2. The van der Waals surface area contributed by atoms with Gasteiger partial charge in [0, 0.05) is 37.4 Å². The smallest absolute Gasteiger partial charge is 0.0486 e. The Balaban J connectivity index is 1.91. The third-order valence-electron chi connectivity index (χ3n) is 4.90. The molecule has 1 aliphatic heterocycles. The fraction of sp³-hybridized carbons (Fsp3) is 0.474. The van der Waals surface area contributed by atoms with Crippen molar-refractivity contribution in [3.63, 3.8) is 0 Å². The third kappa shape index (κ3) is 3.11. The zero-order valence-electron chi connectivity index (χ0n) is 14.2. The first-order valence-electron chi connectivity index (χ1n) is 8.18. The van der Waals surface area contributed by atoms with Crippen LogP contribution >= 0.6 is 0 Å². The average Bonchev–Trinajstić information content (AvgIpc) is 2.90. The summed E-state index contributed by atoms with van der Waals surface area (Å²) in [6, 6.07) is 9.67. The van der Waals surface area contributed by atoms with Gasteiger partial charge in [0.15, 0.2) is 0 Å². The molecule has 0 N–H and O–H groups in total. The summed E-state index contributed by atoms with van der Waals surface area (Å²) in [5.41, 5.74) is 4.23. The molecule has 1 aromatic carbocycles. The highest BCUT2D eigenvalue weighted by molar-refractivity contribution is 5.84. The Kier molecular flexibility index (Phi) is 4.37. The predicted molar refractivity (Wildman–Crippen MR) is 95.2 cm³/mol. The summed E-state index contributed by atoms with van der Waals surface area (Å²) in [5, 5.41) is 1.34. The molecule has 0 saturated heterocycles. The van der Waals surface area contributed by atoms with Crippen molar-refractivity contribution in [1.29, 1.82) is 0 Å². The van der Waals surface area contributed by atoms with Gasteiger partial charge >= 0.3 is 0 Å². The van der Waals surface area contributed by atoms with Crippen LogP contribution in [0.15, 0.2) is 36.5 Å². The molecule has 1 aromatic heterocycles. The number of hydrogen-bond acceptors (Lipinski definition) is 2. The molecule has 0 radical (unpaired) electrons. The van der Waals surface area contributed by atoms with E-state index in [1.807, 2.05) is 0 Å². The van der Waals surface area contributed by atoms with E-state index >= 15 is 0 Å². The van der Waals surface area contributed by atoms with Gasteiger partial charge in [-0.1, -0.05) is 18.2 Å². The summed E-state index contributed by atoms with van der Waals surface area (Å²) in [7, 11) is 6.47. The Morgan fingerprint density at radius 1 is 1.23 bits per heavy atom. The Morgan fingerprint density at radius 2 is 2.05 bits per heavy atom. The van der Waals surface area contributed by atoms with Crippen LogP contribution in [0.5, 0.6) is 0 Å². The Bertz CT molecular complexity index is 681. The molecule has 3 nitrogen and oxygen atoms in total. The van der Waals surface area contributed by atoms with Crippen molar-refractivity contribution in [3.05, 3.63) is 42.1 Å². The van der Waals surface area contributed by atoms with Crippen LogP contribution in [0.4, 0.5) is 0 Å². The zero-order chi connectivity index (χ0) is 15.7. The van der Waals surface area contributed by atoms with Crippen LogP contribution in [-0.4, -0.2) is 54.6 Å². The first-order valence-corrected chi connectivity index (χ1v) is 8.18. The lowest BCUT2D eigenvalue weighted by molar-refractivity contribution is 0.286. The second kappa shape index (κ2) is 6.27. The van der Waals surface area contributed by atoms with Crippen LogP contribution in [0.1, 0.15) is 18.9 Å². The number of nitrogens with zero attached hydrogens (tertiary/aromatic N) is 3.